The Balaban J connectivity index is 1.73. The molecule has 1 aliphatic rings. The number of aliphatic hydroxyl groups is 3. The Hall–Kier alpha value is -1.92. The second-order valence-corrected chi connectivity index (χ2v) is 6.27. The van der Waals surface area contributed by atoms with Gasteiger partial charge in [-0.25, -0.2) is 0 Å². The summed E-state index contributed by atoms with van der Waals surface area (Å²) in [6.45, 7) is 4.05. The van der Waals surface area contributed by atoms with Gasteiger partial charge >= 0.3 is 0 Å². The van der Waals surface area contributed by atoms with Gasteiger partial charge in [-0.3, -0.25) is 0 Å². The summed E-state index contributed by atoms with van der Waals surface area (Å²) in [5.41, 5.74) is 4.61. The lowest BCUT2D eigenvalue weighted by atomic mass is 10.0. The van der Waals surface area contributed by atoms with Gasteiger partial charge < -0.3 is 24.8 Å². The normalized spacial score (nSPS) is 27.0. The summed E-state index contributed by atoms with van der Waals surface area (Å²) < 4.78 is 10.8. The zero-order chi connectivity index (χ0) is 17.3. The van der Waals surface area contributed by atoms with Gasteiger partial charge in [0.1, 0.15) is 24.1 Å². The first-order chi connectivity index (χ1) is 11.4. The van der Waals surface area contributed by atoms with Crippen LogP contribution in [0.5, 0.6) is 5.75 Å². The highest BCUT2D eigenvalue weighted by Gasteiger charge is 2.38. The van der Waals surface area contributed by atoms with Gasteiger partial charge in [-0.05, 0) is 37.1 Å². The van der Waals surface area contributed by atoms with E-state index in [1.54, 1.807) is 12.1 Å². The molecule has 128 valence electrons. The molecular weight excluding hydrogens is 308 g/mol. The Labute approximate surface area is 141 Å². The fourth-order valence-electron chi connectivity index (χ4n) is 2.88. The largest absolute Gasteiger partial charge is 0.462 e. The predicted octanol–water partition coefficient (Wildman–Crippen LogP) is 1.79. The second kappa shape index (κ2) is 6.91. The highest BCUT2D eigenvalue weighted by atomic mass is 16.7. The minimum Gasteiger partial charge on any atom is -0.462 e. The molecule has 0 radical (unpaired) electrons. The number of hydrogen-bond acceptors (Lipinski definition) is 5. The van der Waals surface area contributed by atoms with Crippen molar-refractivity contribution in [3.8, 4) is 16.9 Å². The molecule has 0 bridgehead atoms. The molecule has 2 aromatic carbocycles. The maximum Gasteiger partial charge on any atom is 0.228 e. The quantitative estimate of drug-likeness (QED) is 0.800. The predicted molar refractivity (Wildman–Crippen MR) is 89.7 cm³/mol. The molecule has 1 heterocycles. The van der Waals surface area contributed by atoms with Gasteiger partial charge in [-0.15, -0.1) is 0 Å². The summed E-state index contributed by atoms with van der Waals surface area (Å²) in [7, 11) is 0. The fraction of sp³-hybridized carbons (Fsp3) is 0.368. The van der Waals surface area contributed by atoms with E-state index < -0.39 is 24.6 Å². The molecule has 2 aromatic rings. The molecule has 24 heavy (non-hydrogen) atoms. The Morgan fingerprint density at radius 1 is 0.875 bits per heavy atom. The van der Waals surface area contributed by atoms with Crippen LogP contribution in [0.2, 0.25) is 0 Å². The van der Waals surface area contributed by atoms with E-state index >= 15 is 0 Å². The number of hydrogen-bond donors (Lipinski definition) is 3. The molecule has 1 fully saturated rings. The van der Waals surface area contributed by atoms with Crippen LogP contribution in [0.3, 0.4) is 0 Å². The summed E-state index contributed by atoms with van der Waals surface area (Å²) in [6.07, 6.45) is -4.69. The lowest BCUT2D eigenvalue weighted by molar-refractivity contribution is -0.242. The molecule has 4 atom stereocenters. The van der Waals surface area contributed by atoms with E-state index in [4.69, 9.17) is 9.47 Å². The van der Waals surface area contributed by atoms with Crippen molar-refractivity contribution in [3.63, 3.8) is 0 Å². The summed E-state index contributed by atoms with van der Waals surface area (Å²) in [5.74, 6) is 0.524. The summed E-state index contributed by atoms with van der Waals surface area (Å²) in [5, 5.41) is 29.0. The van der Waals surface area contributed by atoms with Crippen LogP contribution in [0, 0.1) is 13.8 Å². The monoisotopic (exact) mass is 330 g/mol. The maximum absolute atomic E-state index is 9.90. The van der Waals surface area contributed by atoms with E-state index in [9.17, 15) is 15.3 Å². The van der Waals surface area contributed by atoms with Crippen molar-refractivity contribution in [2.75, 3.05) is 6.61 Å². The lowest BCUT2D eigenvalue weighted by Gasteiger charge is -2.34. The average molecular weight is 330 g/mol. The van der Waals surface area contributed by atoms with Crippen LogP contribution in [0.4, 0.5) is 0 Å². The topological polar surface area (TPSA) is 79.2 Å². The van der Waals surface area contributed by atoms with Gasteiger partial charge in [0.15, 0.2) is 0 Å². The van der Waals surface area contributed by atoms with Crippen molar-refractivity contribution in [1.29, 1.82) is 0 Å². The molecule has 5 heteroatoms. The summed E-state index contributed by atoms with van der Waals surface area (Å²) in [4.78, 5) is 0. The minimum absolute atomic E-state index is 0.0798. The Kier molecular flexibility index (Phi) is 4.87. The first kappa shape index (κ1) is 16.9. The molecule has 3 rings (SSSR count). The zero-order valence-electron chi connectivity index (χ0n) is 13.7. The molecule has 0 aliphatic carbocycles. The van der Waals surface area contributed by atoms with Gasteiger partial charge in [-0.1, -0.05) is 41.5 Å². The molecule has 3 N–H and O–H groups in total. The highest BCUT2D eigenvalue weighted by Crippen LogP contribution is 2.26. The van der Waals surface area contributed by atoms with E-state index in [-0.39, 0.29) is 6.61 Å². The van der Waals surface area contributed by atoms with Gasteiger partial charge in [0.25, 0.3) is 0 Å². The lowest BCUT2D eigenvalue weighted by Crippen LogP contribution is -2.54. The molecule has 5 nitrogen and oxygen atoms in total. The molecule has 4 unspecified atom stereocenters. The SMILES string of the molecule is Cc1cc(C)cc(-c2ccc(OC3OCC(O)C(O)C3O)cc2)c1. The number of benzene rings is 2. The molecular formula is C19H22O5. The number of aliphatic hydroxyl groups excluding tert-OH is 3. The van der Waals surface area contributed by atoms with Crippen molar-refractivity contribution >= 4 is 0 Å². The highest BCUT2D eigenvalue weighted by molar-refractivity contribution is 5.65. The van der Waals surface area contributed by atoms with E-state index in [1.165, 1.54) is 11.1 Å². The van der Waals surface area contributed by atoms with Crippen molar-refractivity contribution in [2.45, 2.75) is 38.4 Å². The first-order valence-electron chi connectivity index (χ1n) is 7.95. The third-order valence-corrected chi connectivity index (χ3v) is 4.12. The van der Waals surface area contributed by atoms with Crippen LogP contribution in [-0.4, -0.2) is 46.5 Å². The fourth-order valence-corrected chi connectivity index (χ4v) is 2.88. The molecule has 0 aromatic heterocycles. The smallest absolute Gasteiger partial charge is 0.228 e. The average Bonchev–Trinajstić information content (AvgIpc) is 2.55. The van der Waals surface area contributed by atoms with Crippen molar-refractivity contribution < 1.29 is 24.8 Å². The standard InChI is InChI=1S/C19H22O5/c1-11-7-12(2)9-14(8-11)13-3-5-15(6-4-13)24-19-18(22)17(21)16(20)10-23-19/h3-9,16-22H,10H2,1-2H3. The van der Waals surface area contributed by atoms with Crippen molar-refractivity contribution in [1.82, 2.24) is 0 Å². The van der Waals surface area contributed by atoms with E-state index in [1.807, 2.05) is 12.1 Å². The number of ether oxygens (including phenoxy) is 2. The van der Waals surface area contributed by atoms with E-state index in [0.717, 1.165) is 11.1 Å². The molecule has 0 spiro atoms. The van der Waals surface area contributed by atoms with Crippen molar-refractivity contribution in [3.05, 3.63) is 53.6 Å². The molecule has 1 aliphatic heterocycles. The molecule has 0 saturated carbocycles. The third-order valence-electron chi connectivity index (χ3n) is 4.12. The van der Waals surface area contributed by atoms with Crippen molar-refractivity contribution in [2.24, 2.45) is 0 Å². The van der Waals surface area contributed by atoms with Crippen LogP contribution in [0.25, 0.3) is 11.1 Å². The number of aryl methyl sites for hydroxylation is 2. The van der Waals surface area contributed by atoms with Gasteiger partial charge in [0.2, 0.25) is 6.29 Å². The summed E-state index contributed by atoms with van der Waals surface area (Å²) in [6, 6.07) is 13.8. The van der Waals surface area contributed by atoms with E-state index in [2.05, 4.69) is 32.0 Å². The number of rotatable bonds is 3. The van der Waals surface area contributed by atoms with Crippen LogP contribution in [0.15, 0.2) is 42.5 Å². The van der Waals surface area contributed by atoms with Gasteiger partial charge in [-0.2, -0.15) is 0 Å². The molecule has 1 saturated heterocycles. The van der Waals surface area contributed by atoms with Gasteiger partial charge in [0, 0.05) is 0 Å². The first-order valence-corrected chi connectivity index (χ1v) is 7.95. The van der Waals surface area contributed by atoms with E-state index in [0.29, 0.717) is 5.75 Å². The Morgan fingerprint density at radius 3 is 2.12 bits per heavy atom. The third kappa shape index (κ3) is 3.60. The second-order valence-electron chi connectivity index (χ2n) is 6.27. The molecule has 0 amide bonds. The summed E-state index contributed by atoms with van der Waals surface area (Å²) >= 11 is 0. The zero-order valence-corrected chi connectivity index (χ0v) is 13.7. The Bertz CT molecular complexity index is 677. The van der Waals surface area contributed by atoms with Crippen LogP contribution in [-0.2, 0) is 4.74 Å². The van der Waals surface area contributed by atoms with Gasteiger partial charge in [0.05, 0.1) is 6.61 Å². The van der Waals surface area contributed by atoms with Crippen LogP contribution >= 0.6 is 0 Å². The Morgan fingerprint density at radius 2 is 1.50 bits per heavy atom. The minimum atomic E-state index is -1.30. The maximum atomic E-state index is 9.90. The van der Waals surface area contributed by atoms with Crippen LogP contribution in [0.1, 0.15) is 11.1 Å². The van der Waals surface area contributed by atoms with Crippen LogP contribution < -0.4 is 4.74 Å².